The Kier molecular flexibility index (Phi) is 7.85. The molecule has 0 radical (unpaired) electrons. The summed E-state index contributed by atoms with van der Waals surface area (Å²) >= 11 is 0. The number of nitrogens with zero attached hydrogens (tertiary/aromatic N) is 2. The normalized spacial score (nSPS) is 15.6. The molecule has 0 unspecified atom stereocenters. The van der Waals surface area contributed by atoms with Gasteiger partial charge in [0.15, 0.2) is 0 Å². The lowest BCUT2D eigenvalue weighted by Crippen LogP contribution is -2.35. The number of H-pyrrole nitrogens is 1. The molecule has 1 amide bonds. The first-order valence-corrected chi connectivity index (χ1v) is 11.0. The van der Waals surface area contributed by atoms with Gasteiger partial charge in [0.2, 0.25) is 5.91 Å². The molecular weight excluding hydrogens is 380 g/mol. The van der Waals surface area contributed by atoms with Crippen LogP contribution < -0.4 is 5.32 Å². The second-order valence-corrected chi connectivity index (χ2v) is 8.64. The van der Waals surface area contributed by atoms with Crippen molar-refractivity contribution in [1.82, 2.24) is 14.9 Å². The zero-order chi connectivity index (χ0) is 21.5. The molecule has 0 aromatic carbocycles. The number of amides is 1. The highest BCUT2D eigenvalue weighted by Gasteiger charge is 2.24. The maximum absolute atomic E-state index is 12.2. The van der Waals surface area contributed by atoms with Crippen LogP contribution in [0.25, 0.3) is 11.0 Å². The number of piperidine rings is 1. The zero-order valence-electron chi connectivity index (χ0n) is 18.4. The summed E-state index contributed by atoms with van der Waals surface area (Å²) in [6.07, 6.45) is 6.36. The average Bonchev–Trinajstić information content (AvgIpc) is 3.14. The fourth-order valence-corrected chi connectivity index (χ4v) is 4.21. The lowest BCUT2D eigenvalue weighted by Gasteiger charge is -2.32. The monoisotopic (exact) mass is 414 g/mol. The third kappa shape index (κ3) is 6.05. The molecule has 1 aliphatic heterocycles. The number of fused-ring (bicyclic) bond motifs is 1. The number of hydrogen-bond acceptors (Lipinski definition) is 5. The molecule has 1 saturated heterocycles. The smallest absolute Gasteiger partial charge is 0.305 e. The third-order valence-corrected chi connectivity index (χ3v) is 5.73. The van der Waals surface area contributed by atoms with Gasteiger partial charge in [0, 0.05) is 25.6 Å². The summed E-state index contributed by atoms with van der Waals surface area (Å²) in [5.74, 6) is 1.46. The topological polar surface area (TPSA) is 87.3 Å². The number of ether oxygens (including phenoxy) is 1. The molecule has 1 aliphatic rings. The molecule has 0 atom stereocenters. The van der Waals surface area contributed by atoms with E-state index in [1.165, 1.54) is 12.7 Å². The van der Waals surface area contributed by atoms with Crippen LogP contribution in [0.5, 0.6) is 0 Å². The molecule has 0 spiro atoms. The summed E-state index contributed by atoms with van der Waals surface area (Å²) in [5.41, 5.74) is 3.22. The van der Waals surface area contributed by atoms with Gasteiger partial charge in [-0.25, -0.2) is 4.98 Å². The van der Waals surface area contributed by atoms with E-state index in [4.69, 9.17) is 4.98 Å². The number of rotatable bonds is 9. The molecule has 164 valence electrons. The van der Waals surface area contributed by atoms with Gasteiger partial charge in [-0.2, -0.15) is 0 Å². The van der Waals surface area contributed by atoms with E-state index in [0.29, 0.717) is 43.3 Å². The van der Waals surface area contributed by atoms with E-state index < -0.39 is 0 Å². The van der Waals surface area contributed by atoms with Crippen molar-refractivity contribution in [1.29, 1.82) is 0 Å². The van der Waals surface area contributed by atoms with Gasteiger partial charge in [-0.3, -0.25) is 9.59 Å². The summed E-state index contributed by atoms with van der Waals surface area (Å²) in [4.78, 5) is 34.0. The highest BCUT2D eigenvalue weighted by Crippen LogP contribution is 2.33. The first kappa shape index (κ1) is 22.3. The van der Waals surface area contributed by atoms with Crippen molar-refractivity contribution >= 4 is 28.7 Å². The summed E-state index contributed by atoms with van der Waals surface area (Å²) in [7, 11) is 1.38. The third-order valence-electron chi connectivity index (χ3n) is 5.73. The van der Waals surface area contributed by atoms with Crippen LogP contribution in [0.4, 0.5) is 5.82 Å². The van der Waals surface area contributed by atoms with E-state index in [-0.39, 0.29) is 11.9 Å². The number of esters is 1. The molecule has 3 rings (SSSR count). The van der Waals surface area contributed by atoms with Crippen molar-refractivity contribution in [3.63, 3.8) is 0 Å². The van der Waals surface area contributed by atoms with Gasteiger partial charge >= 0.3 is 5.97 Å². The number of pyridine rings is 1. The minimum Gasteiger partial charge on any atom is -0.469 e. The number of anilines is 1. The Balaban J connectivity index is 1.57. The van der Waals surface area contributed by atoms with Crippen LogP contribution in [0, 0.1) is 5.92 Å². The predicted molar refractivity (Wildman–Crippen MR) is 118 cm³/mol. The largest absolute Gasteiger partial charge is 0.469 e. The molecule has 1 fully saturated rings. The Morgan fingerprint density at radius 3 is 2.67 bits per heavy atom. The van der Waals surface area contributed by atoms with Crippen molar-refractivity contribution in [2.75, 3.05) is 32.1 Å². The second kappa shape index (κ2) is 10.6. The fraction of sp³-hybridized carbons (Fsp3) is 0.609. The van der Waals surface area contributed by atoms with E-state index in [9.17, 15) is 9.59 Å². The maximum Gasteiger partial charge on any atom is 0.305 e. The van der Waals surface area contributed by atoms with Crippen LogP contribution in [-0.2, 0) is 14.3 Å². The van der Waals surface area contributed by atoms with Gasteiger partial charge in [0.05, 0.1) is 18.1 Å². The first-order chi connectivity index (χ1) is 14.5. The van der Waals surface area contributed by atoms with Crippen LogP contribution in [-0.4, -0.2) is 53.5 Å². The number of methoxy groups -OCH3 is 1. The second-order valence-electron chi connectivity index (χ2n) is 8.64. The average molecular weight is 415 g/mol. The number of nitrogens with one attached hydrogen (secondary N) is 2. The Morgan fingerprint density at radius 2 is 1.97 bits per heavy atom. The van der Waals surface area contributed by atoms with Crippen LogP contribution >= 0.6 is 0 Å². The number of hydrogen-bond donors (Lipinski definition) is 2. The lowest BCUT2D eigenvalue weighted by molar-refractivity contribution is -0.140. The number of carbonyl (C=O) groups is 2. The highest BCUT2D eigenvalue weighted by molar-refractivity contribution is 5.91. The highest BCUT2D eigenvalue weighted by atomic mass is 16.5. The molecule has 2 aromatic rings. The standard InChI is InChI=1S/C23H34N4O3/c1-16(2)15-27-12-10-17(11-13-27)18-14-24-19-8-9-20(26-23(18)19)25-21(28)6-4-5-7-22(29)30-3/h8-9,14,16-17,24H,4-7,10-13,15H2,1-3H3,(H,25,26,28). The first-order valence-electron chi connectivity index (χ1n) is 11.0. The van der Waals surface area contributed by atoms with Crippen LogP contribution in [0.3, 0.4) is 0 Å². The molecule has 30 heavy (non-hydrogen) atoms. The molecule has 2 aromatic heterocycles. The summed E-state index contributed by atoms with van der Waals surface area (Å²) < 4.78 is 4.61. The fourth-order valence-electron chi connectivity index (χ4n) is 4.21. The molecule has 3 heterocycles. The van der Waals surface area contributed by atoms with E-state index in [1.54, 1.807) is 0 Å². The number of unbranched alkanes of at least 4 members (excludes halogenated alkanes) is 1. The predicted octanol–water partition coefficient (Wildman–Crippen LogP) is 4.07. The van der Waals surface area contributed by atoms with Gasteiger partial charge in [0.1, 0.15) is 5.82 Å². The van der Waals surface area contributed by atoms with Crippen molar-refractivity contribution in [3.05, 3.63) is 23.9 Å². The van der Waals surface area contributed by atoms with E-state index in [2.05, 4.69) is 40.0 Å². The SMILES string of the molecule is COC(=O)CCCCC(=O)Nc1ccc2[nH]cc(C3CCN(CC(C)C)CC3)c2n1. The molecule has 2 N–H and O–H groups in total. The molecule has 7 heteroatoms. The maximum atomic E-state index is 12.2. The lowest BCUT2D eigenvalue weighted by atomic mass is 9.90. The van der Waals surface area contributed by atoms with Gasteiger partial charge in [-0.05, 0) is 68.3 Å². The molecule has 0 aliphatic carbocycles. The van der Waals surface area contributed by atoms with Gasteiger partial charge < -0.3 is 19.9 Å². The molecule has 7 nitrogen and oxygen atoms in total. The summed E-state index contributed by atoms with van der Waals surface area (Å²) in [6.45, 7) is 7.94. The van der Waals surface area contributed by atoms with Crippen molar-refractivity contribution in [3.8, 4) is 0 Å². The molecule has 0 saturated carbocycles. The Hall–Kier alpha value is -2.41. The van der Waals surface area contributed by atoms with Gasteiger partial charge in [0.25, 0.3) is 0 Å². The van der Waals surface area contributed by atoms with Crippen LogP contribution in [0.2, 0.25) is 0 Å². The van der Waals surface area contributed by atoms with E-state index >= 15 is 0 Å². The molecular formula is C23H34N4O3. The zero-order valence-corrected chi connectivity index (χ0v) is 18.4. The number of likely N-dealkylation sites (tertiary alicyclic amines) is 1. The van der Waals surface area contributed by atoms with Crippen LogP contribution in [0.15, 0.2) is 18.3 Å². The summed E-state index contributed by atoms with van der Waals surface area (Å²) in [6, 6.07) is 3.81. The van der Waals surface area contributed by atoms with Crippen molar-refractivity contribution in [2.24, 2.45) is 5.92 Å². The van der Waals surface area contributed by atoms with E-state index in [1.807, 2.05) is 12.1 Å². The van der Waals surface area contributed by atoms with E-state index in [0.717, 1.165) is 43.5 Å². The summed E-state index contributed by atoms with van der Waals surface area (Å²) in [5, 5.41) is 2.90. The molecule has 0 bridgehead atoms. The van der Waals surface area contributed by atoms with Gasteiger partial charge in [-0.1, -0.05) is 13.8 Å². The Bertz CT molecular complexity index is 853. The van der Waals surface area contributed by atoms with Crippen molar-refractivity contribution < 1.29 is 14.3 Å². The Labute approximate surface area is 178 Å². The number of aromatic amines is 1. The number of carbonyl (C=O) groups excluding carboxylic acids is 2. The van der Waals surface area contributed by atoms with Gasteiger partial charge in [-0.15, -0.1) is 0 Å². The number of aromatic nitrogens is 2. The van der Waals surface area contributed by atoms with Crippen LogP contribution in [0.1, 0.15) is 63.9 Å². The van der Waals surface area contributed by atoms with Crippen molar-refractivity contribution in [2.45, 2.75) is 58.3 Å². The minimum absolute atomic E-state index is 0.0780. The quantitative estimate of drug-likeness (QED) is 0.477. The Morgan fingerprint density at radius 1 is 1.23 bits per heavy atom. The minimum atomic E-state index is -0.238.